The molecule has 12 nitrogen and oxygen atoms in total. The Kier molecular flexibility index (Phi) is 12.0. The lowest BCUT2D eigenvalue weighted by molar-refractivity contribution is -0.159. The molecule has 2 amide bonds. The number of aliphatic hydroxyl groups excluding tert-OH is 1. The predicted octanol–water partition coefficient (Wildman–Crippen LogP) is 1.85. The van der Waals surface area contributed by atoms with Crippen LogP contribution in [0.3, 0.4) is 0 Å². The summed E-state index contributed by atoms with van der Waals surface area (Å²) in [5.74, 6) is -1.86. The summed E-state index contributed by atoms with van der Waals surface area (Å²) >= 11 is 0. The zero-order chi connectivity index (χ0) is 31.6. The molecule has 0 radical (unpaired) electrons. The van der Waals surface area contributed by atoms with Gasteiger partial charge in [0.15, 0.2) is 5.69 Å². The van der Waals surface area contributed by atoms with E-state index >= 15 is 0 Å². The molecule has 3 aliphatic rings. The Morgan fingerprint density at radius 2 is 1.91 bits per heavy atom. The molecule has 4 rings (SSSR count). The van der Waals surface area contributed by atoms with E-state index in [9.17, 15) is 24.3 Å². The predicted molar refractivity (Wildman–Crippen MR) is 160 cm³/mol. The van der Waals surface area contributed by atoms with E-state index in [1.165, 1.54) is 17.2 Å². The lowest BCUT2D eigenvalue weighted by atomic mass is 9.92. The monoisotopic (exact) mass is 612 g/mol. The molecule has 5 atom stereocenters. The van der Waals surface area contributed by atoms with Crippen molar-refractivity contribution in [2.75, 3.05) is 45.9 Å². The van der Waals surface area contributed by atoms with Crippen LogP contribution in [0.25, 0.3) is 0 Å². The molecule has 44 heavy (non-hydrogen) atoms. The Morgan fingerprint density at radius 3 is 2.68 bits per heavy atom. The number of esters is 1. The standard InChI is InChI=1S/C32H44N4O8/c1-21-6-4-10-33-28(39)9-8-22(2)30(23(3)19-35-12-14-42-15-13-35)44-32(41)27-7-5-11-36(27)31(40)26-20-43-29(34-26)18-25(38)17-24(37)16-21/h4,6,8-9,16,20,22-24,27,30,37H,5,7,10-15,17-19H2,1-3H3,(H,33,39)/b6-4?,9-8+,21-16?/t22-,23+,24-,27-,30+/m1/s1. The van der Waals surface area contributed by atoms with Crippen molar-refractivity contribution in [1.82, 2.24) is 20.1 Å². The van der Waals surface area contributed by atoms with Crippen LogP contribution in [0.1, 0.15) is 56.4 Å². The largest absolute Gasteiger partial charge is 0.460 e. The Bertz CT molecular complexity index is 1260. The van der Waals surface area contributed by atoms with Crippen molar-refractivity contribution in [3.63, 3.8) is 0 Å². The van der Waals surface area contributed by atoms with Crippen LogP contribution >= 0.6 is 0 Å². The van der Waals surface area contributed by atoms with E-state index in [0.717, 1.165) is 18.7 Å². The molecule has 0 saturated carbocycles. The maximum atomic E-state index is 13.6. The minimum absolute atomic E-state index is 0.00636. The molecular formula is C32H44N4O8. The van der Waals surface area contributed by atoms with Crippen LogP contribution < -0.4 is 5.32 Å². The van der Waals surface area contributed by atoms with Crippen LogP contribution in [0.5, 0.6) is 0 Å². The van der Waals surface area contributed by atoms with Gasteiger partial charge in [-0.05, 0) is 25.8 Å². The fourth-order valence-corrected chi connectivity index (χ4v) is 5.85. The number of amides is 2. The van der Waals surface area contributed by atoms with Crippen molar-refractivity contribution < 1.29 is 38.2 Å². The molecule has 2 fully saturated rings. The van der Waals surface area contributed by atoms with E-state index in [2.05, 4.69) is 15.2 Å². The number of ether oxygens (including phenoxy) is 2. The van der Waals surface area contributed by atoms with Crippen molar-refractivity contribution in [1.29, 1.82) is 0 Å². The van der Waals surface area contributed by atoms with Crippen molar-refractivity contribution in [2.24, 2.45) is 11.8 Å². The highest BCUT2D eigenvalue weighted by Crippen LogP contribution is 2.26. The van der Waals surface area contributed by atoms with Gasteiger partial charge in [0.25, 0.3) is 5.91 Å². The Labute approximate surface area is 258 Å². The highest BCUT2D eigenvalue weighted by molar-refractivity contribution is 5.95. The first-order valence-electron chi connectivity index (χ1n) is 15.4. The molecule has 1 aromatic rings. The SMILES string of the molecule is CC1=C[C@@H](O)CC(=O)Cc2nc(co2)C(=O)N2CCC[C@@H]2C(=O)O[C@H]([C@@H](C)CN2CCOCC2)[C@H](C)/C=C/C(=O)NCC=C1. The van der Waals surface area contributed by atoms with Gasteiger partial charge in [0.2, 0.25) is 11.8 Å². The van der Waals surface area contributed by atoms with E-state index in [1.807, 2.05) is 13.8 Å². The number of oxazole rings is 1. The average molecular weight is 613 g/mol. The van der Waals surface area contributed by atoms with Crippen LogP contribution in [0, 0.1) is 11.8 Å². The summed E-state index contributed by atoms with van der Waals surface area (Å²) in [6.07, 6.45) is 8.62. The van der Waals surface area contributed by atoms with Crippen LogP contribution in [-0.4, -0.2) is 108 Å². The van der Waals surface area contributed by atoms with Crippen LogP contribution in [0.4, 0.5) is 0 Å². The Balaban J connectivity index is 1.57. The van der Waals surface area contributed by atoms with E-state index in [0.29, 0.717) is 39.1 Å². The number of hydrogen-bond donors (Lipinski definition) is 2. The summed E-state index contributed by atoms with van der Waals surface area (Å²) in [7, 11) is 0. The number of fused-ring (bicyclic) bond motifs is 3. The van der Waals surface area contributed by atoms with Gasteiger partial charge in [-0.25, -0.2) is 9.78 Å². The topological polar surface area (TPSA) is 152 Å². The van der Waals surface area contributed by atoms with Gasteiger partial charge in [-0.1, -0.05) is 43.7 Å². The van der Waals surface area contributed by atoms with Gasteiger partial charge in [-0.3, -0.25) is 19.3 Å². The van der Waals surface area contributed by atoms with Crippen LogP contribution in [-0.2, 0) is 30.3 Å². The number of ketones is 1. The molecule has 2 bridgehead atoms. The number of hydrogen-bond acceptors (Lipinski definition) is 10. The molecule has 2 N–H and O–H groups in total. The first-order valence-corrected chi connectivity index (χ1v) is 15.4. The van der Waals surface area contributed by atoms with Gasteiger partial charge in [0.1, 0.15) is 24.2 Å². The summed E-state index contributed by atoms with van der Waals surface area (Å²) in [6, 6.07) is -0.791. The molecule has 0 aliphatic carbocycles. The quantitative estimate of drug-likeness (QED) is 0.484. The number of carbonyl (C=O) groups excluding carboxylic acids is 4. The van der Waals surface area contributed by atoms with E-state index in [4.69, 9.17) is 13.9 Å². The van der Waals surface area contributed by atoms with Gasteiger partial charge < -0.3 is 29.2 Å². The number of Topliss-reactive ketones (excluding diaryl/α,β-unsaturated/α-hetero) is 1. The molecule has 0 aromatic carbocycles. The first-order chi connectivity index (χ1) is 21.1. The molecular weight excluding hydrogens is 568 g/mol. The fourth-order valence-electron chi connectivity index (χ4n) is 5.85. The van der Waals surface area contributed by atoms with Gasteiger partial charge >= 0.3 is 5.97 Å². The minimum atomic E-state index is -1.02. The fraction of sp³-hybridized carbons (Fsp3) is 0.594. The number of morpholine rings is 1. The third-order valence-corrected chi connectivity index (χ3v) is 8.10. The van der Waals surface area contributed by atoms with E-state index in [-0.39, 0.29) is 54.5 Å². The third kappa shape index (κ3) is 9.44. The van der Waals surface area contributed by atoms with Crippen LogP contribution in [0.2, 0.25) is 0 Å². The van der Waals surface area contributed by atoms with Crippen molar-refractivity contribution in [3.8, 4) is 0 Å². The zero-order valence-electron chi connectivity index (χ0n) is 25.8. The second-order valence-corrected chi connectivity index (χ2v) is 11.8. The first kappa shape index (κ1) is 33.3. The molecule has 240 valence electrons. The molecule has 1 aromatic heterocycles. The molecule has 0 spiro atoms. The maximum absolute atomic E-state index is 13.6. The number of cyclic esters (lactones) is 1. The van der Waals surface area contributed by atoms with Gasteiger partial charge in [0, 0.05) is 51.0 Å². The second kappa shape index (κ2) is 15.9. The summed E-state index contributed by atoms with van der Waals surface area (Å²) in [6.45, 7) is 9.90. The molecule has 12 heteroatoms. The minimum Gasteiger partial charge on any atom is -0.460 e. The summed E-state index contributed by atoms with van der Waals surface area (Å²) in [4.78, 5) is 60.1. The molecule has 0 unspecified atom stereocenters. The highest BCUT2D eigenvalue weighted by atomic mass is 16.5. The Morgan fingerprint density at radius 1 is 1.14 bits per heavy atom. The van der Waals surface area contributed by atoms with Crippen molar-refractivity contribution >= 4 is 23.6 Å². The number of carbonyl (C=O) groups is 4. The lowest BCUT2D eigenvalue weighted by Crippen LogP contribution is -2.46. The number of allylic oxidation sites excluding steroid dienone is 2. The molecule has 3 aliphatic heterocycles. The molecule has 4 heterocycles. The van der Waals surface area contributed by atoms with E-state index < -0.39 is 30.1 Å². The third-order valence-electron chi connectivity index (χ3n) is 8.10. The number of aliphatic hydroxyl groups is 1. The normalized spacial score (nSPS) is 28.5. The Hall–Kier alpha value is -3.61. The smallest absolute Gasteiger partial charge is 0.329 e. The van der Waals surface area contributed by atoms with Crippen molar-refractivity contribution in [3.05, 3.63) is 53.8 Å². The number of nitrogens with zero attached hydrogens (tertiary/aromatic N) is 3. The summed E-state index contributed by atoms with van der Waals surface area (Å²) in [5, 5.41) is 13.1. The van der Waals surface area contributed by atoms with Gasteiger partial charge in [-0.15, -0.1) is 0 Å². The average Bonchev–Trinajstić information content (AvgIpc) is 3.66. The van der Waals surface area contributed by atoms with Gasteiger partial charge in [-0.2, -0.15) is 0 Å². The molecule has 2 saturated heterocycles. The lowest BCUT2D eigenvalue weighted by Gasteiger charge is -2.35. The number of rotatable bonds is 3. The number of aromatic nitrogens is 1. The summed E-state index contributed by atoms with van der Waals surface area (Å²) < 4.78 is 17.0. The second-order valence-electron chi connectivity index (χ2n) is 11.8. The number of nitrogens with one attached hydrogen (secondary N) is 1. The van der Waals surface area contributed by atoms with E-state index in [1.54, 1.807) is 31.2 Å². The maximum Gasteiger partial charge on any atom is 0.329 e. The van der Waals surface area contributed by atoms with Crippen LogP contribution in [0.15, 0.2) is 46.6 Å². The summed E-state index contributed by atoms with van der Waals surface area (Å²) in [5.41, 5.74) is 0.733. The van der Waals surface area contributed by atoms with Gasteiger partial charge in [0.05, 0.1) is 25.7 Å². The zero-order valence-corrected chi connectivity index (χ0v) is 25.8. The highest BCUT2D eigenvalue weighted by Gasteiger charge is 2.39. The van der Waals surface area contributed by atoms with Crippen molar-refractivity contribution in [2.45, 2.75) is 64.7 Å².